The van der Waals surface area contributed by atoms with E-state index in [1.165, 1.54) is 0 Å². The third kappa shape index (κ3) is 2.94. The molecule has 0 N–H and O–H groups in total. The third-order valence-electron chi connectivity index (χ3n) is 1.57. The smallest absolute Gasteiger partial charge is 0.409 e. The summed E-state index contributed by atoms with van der Waals surface area (Å²) >= 11 is 6.73. The molecule has 0 saturated carbocycles. The first-order valence-corrected chi connectivity index (χ1v) is 5.25. The first-order chi connectivity index (χ1) is 6.13. The minimum absolute atomic E-state index is 0.512. The Morgan fingerprint density at radius 3 is 2.69 bits per heavy atom. The molecule has 1 rings (SSSR count). The molecule has 0 amide bonds. The molecule has 0 spiro atoms. The molecule has 2 nitrogen and oxygen atoms in total. The molecule has 0 bridgehead atoms. The molecule has 1 aromatic rings. The van der Waals surface area contributed by atoms with Crippen molar-refractivity contribution < 1.29 is 9.53 Å². The second-order valence-electron chi connectivity index (χ2n) is 2.47. The van der Waals surface area contributed by atoms with Crippen LogP contribution in [0.3, 0.4) is 0 Å². The fraction of sp³-hybridized carbons (Fsp3) is 0.222. The van der Waals surface area contributed by atoms with Crippen LogP contribution in [0.5, 0.6) is 5.75 Å². The molecule has 13 heavy (non-hydrogen) atoms. The van der Waals surface area contributed by atoms with E-state index < -0.39 is 5.43 Å². The van der Waals surface area contributed by atoms with Gasteiger partial charge in [0, 0.05) is 16.5 Å². The Hall–Kier alpha value is -0.670. The number of halogens is 1. The normalized spacial score (nSPS) is 9.77. The molecule has 0 aliphatic rings. The summed E-state index contributed by atoms with van der Waals surface area (Å²) in [6.07, 6.45) is 1.99. The van der Waals surface area contributed by atoms with Crippen LogP contribution < -0.4 is 4.74 Å². The molecule has 0 heterocycles. The van der Waals surface area contributed by atoms with Gasteiger partial charge in [0.1, 0.15) is 5.75 Å². The summed E-state index contributed by atoms with van der Waals surface area (Å²) in [6, 6.07) is 5.56. The highest BCUT2D eigenvalue weighted by atomic mass is 35.5. The van der Waals surface area contributed by atoms with E-state index in [0.29, 0.717) is 5.75 Å². The van der Waals surface area contributed by atoms with Crippen LogP contribution >= 0.6 is 23.4 Å². The van der Waals surface area contributed by atoms with Gasteiger partial charge in [-0.1, -0.05) is 0 Å². The van der Waals surface area contributed by atoms with E-state index in [4.69, 9.17) is 16.3 Å². The lowest BCUT2D eigenvalue weighted by Crippen LogP contribution is -1.97. The predicted octanol–water partition coefficient (Wildman–Crippen LogP) is 3.45. The maximum atomic E-state index is 10.5. The van der Waals surface area contributed by atoms with Crippen LogP contribution in [0.2, 0.25) is 0 Å². The molecule has 0 aliphatic carbocycles. The van der Waals surface area contributed by atoms with Gasteiger partial charge < -0.3 is 4.74 Å². The van der Waals surface area contributed by atoms with Gasteiger partial charge in [-0.2, -0.15) is 0 Å². The lowest BCUT2D eigenvalue weighted by molar-refractivity contribution is 0.225. The molecule has 0 aromatic heterocycles. The fourth-order valence-electron chi connectivity index (χ4n) is 0.950. The molecule has 1 aromatic carbocycles. The summed E-state index contributed by atoms with van der Waals surface area (Å²) in [5.74, 6) is 0.512. The van der Waals surface area contributed by atoms with E-state index in [1.807, 2.05) is 25.3 Å². The lowest BCUT2D eigenvalue weighted by atomic mass is 10.2. The summed E-state index contributed by atoms with van der Waals surface area (Å²) in [5, 5.41) is 0. The molecular weight excluding hydrogens is 208 g/mol. The van der Waals surface area contributed by atoms with Gasteiger partial charge >= 0.3 is 5.43 Å². The molecular formula is C9H9ClO2S. The summed E-state index contributed by atoms with van der Waals surface area (Å²) < 4.78 is 4.76. The highest BCUT2D eigenvalue weighted by molar-refractivity contribution is 7.98. The summed E-state index contributed by atoms with van der Waals surface area (Å²) in [4.78, 5) is 11.6. The van der Waals surface area contributed by atoms with Crippen LogP contribution in [-0.4, -0.2) is 11.7 Å². The number of carbonyl (C=O) groups excluding carboxylic acids is 1. The van der Waals surface area contributed by atoms with Crippen molar-refractivity contribution >= 4 is 28.8 Å². The molecule has 0 fully saturated rings. The van der Waals surface area contributed by atoms with Crippen molar-refractivity contribution in [3.8, 4) is 5.75 Å². The number of carbonyl (C=O) groups is 1. The zero-order chi connectivity index (χ0) is 9.84. The van der Waals surface area contributed by atoms with Crippen molar-refractivity contribution in [2.75, 3.05) is 6.26 Å². The first-order valence-electron chi connectivity index (χ1n) is 3.65. The minimum atomic E-state index is -0.806. The third-order valence-corrected chi connectivity index (χ3v) is 2.37. The molecule has 0 aliphatic heterocycles. The van der Waals surface area contributed by atoms with Crippen molar-refractivity contribution in [2.24, 2.45) is 0 Å². The Morgan fingerprint density at radius 2 is 2.23 bits per heavy atom. The van der Waals surface area contributed by atoms with Crippen molar-refractivity contribution in [1.29, 1.82) is 0 Å². The highest BCUT2D eigenvalue weighted by Gasteiger charge is 2.04. The van der Waals surface area contributed by atoms with E-state index in [-0.39, 0.29) is 0 Å². The molecule has 0 saturated heterocycles. The second-order valence-corrected chi connectivity index (χ2v) is 3.66. The summed E-state index contributed by atoms with van der Waals surface area (Å²) in [5.41, 5.74) is 0.0980. The van der Waals surface area contributed by atoms with Gasteiger partial charge in [0.15, 0.2) is 0 Å². The van der Waals surface area contributed by atoms with Crippen molar-refractivity contribution in [1.82, 2.24) is 0 Å². The molecule has 0 atom stereocenters. The van der Waals surface area contributed by atoms with E-state index in [2.05, 4.69) is 0 Å². The number of hydrogen-bond acceptors (Lipinski definition) is 3. The van der Waals surface area contributed by atoms with Crippen LogP contribution in [0.25, 0.3) is 0 Å². The van der Waals surface area contributed by atoms with Gasteiger partial charge in [0.2, 0.25) is 0 Å². The Balaban J connectivity index is 2.91. The van der Waals surface area contributed by atoms with Crippen LogP contribution in [0.1, 0.15) is 5.56 Å². The zero-order valence-electron chi connectivity index (χ0n) is 7.33. The van der Waals surface area contributed by atoms with Crippen LogP contribution in [0.15, 0.2) is 23.1 Å². The van der Waals surface area contributed by atoms with Crippen LogP contribution in [0.4, 0.5) is 4.79 Å². The maximum absolute atomic E-state index is 10.5. The highest BCUT2D eigenvalue weighted by Crippen LogP contribution is 2.24. The first kappa shape index (κ1) is 10.4. The number of thioether (sulfide) groups is 1. The largest absolute Gasteiger partial charge is 0.414 e. The van der Waals surface area contributed by atoms with Crippen molar-refractivity contribution in [2.45, 2.75) is 11.8 Å². The maximum Gasteiger partial charge on any atom is 0.409 e. The average molecular weight is 217 g/mol. The van der Waals surface area contributed by atoms with Crippen molar-refractivity contribution in [3.05, 3.63) is 23.8 Å². The molecule has 0 radical (unpaired) electrons. The Bertz CT molecular complexity index is 325. The van der Waals surface area contributed by atoms with Crippen LogP contribution in [0, 0.1) is 6.92 Å². The minimum Gasteiger partial charge on any atom is -0.414 e. The van der Waals surface area contributed by atoms with Crippen LogP contribution in [-0.2, 0) is 0 Å². The lowest BCUT2D eigenvalue weighted by Gasteiger charge is -2.05. The van der Waals surface area contributed by atoms with E-state index in [9.17, 15) is 4.79 Å². The Kier molecular flexibility index (Phi) is 3.63. The molecule has 4 heteroatoms. The zero-order valence-corrected chi connectivity index (χ0v) is 8.91. The number of rotatable bonds is 2. The van der Waals surface area contributed by atoms with E-state index >= 15 is 0 Å². The predicted molar refractivity (Wildman–Crippen MR) is 54.8 cm³/mol. The quantitative estimate of drug-likeness (QED) is 0.560. The second kappa shape index (κ2) is 4.53. The van der Waals surface area contributed by atoms with Gasteiger partial charge in [0.25, 0.3) is 0 Å². The number of aryl methyl sites for hydroxylation is 1. The monoisotopic (exact) mass is 216 g/mol. The van der Waals surface area contributed by atoms with Gasteiger partial charge in [-0.05, 0) is 36.9 Å². The van der Waals surface area contributed by atoms with Gasteiger partial charge in [0.05, 0.1) is 0 Å². The van der Waals surface area contributed by atoms with Crippen molar-refractivity contribution in [3.63, 3.8) is 0 Å². The van der Waals surface area contributed by atoms with E-state index in [1.54, 1.807) is 17.8 Å². The fourth-order valence-corrected chi connectivity index (χ4v) is 1.53. The van der Waals surface area contributed by atoms with Gasteiger partial charge in [-0.3, -0.25) is 0 Å². The number of hydrogen-bond donors (Lipinski definition) is 0. The Labute approximate surface area is 86.2 Å². The Morgan fingerprint density at radius 1 is 1.54 bits per heavy atom. The number of ether oxygens (including phenoxy) is 1. The summed E-state index contributed by atoms with van der Waals surface area (Å²) in [6.45, 7) is 1.87. The average Bonchev–Trinajstić information content (AvgIpc) is 2.08. The summed E-state index contributed by atoms with van der Waals surface area (Å²) in [7, 11) is 0. The topological polar surface area (TPSA) is 26.3 Å². The van der Waals surface area contributed by atoms with Gasteiger partial charge in [-0.25, -0.2) is 4.79 Å². The van der Waals surface area contributed by atoms with Gasteiger partial charge in [-0.15, -0.1) is 11.8 Å². The molecule has 70 valence electrons. The SMILES string of the molecule is CSc1ccc(OC(=O)Cl)c(C)c1. The van der Waals surface area contributed by atoms with E-state index in [0.717, 1.165) is 10.5 Å². The molecule has 0 unspecified atom stereocenters. The standard InChI is InChI=1S/C9H9ClO2S/c1-6-5-7(13-2)3-4-8(6)12-9(10)11/h3-5H,1-2H3. The number of benzene rings is 1.